The second-order valence-corrected chi connectivity index (χ2v) is 41.0. The average Bonchev–Trinajstić information content (AvgIpc) is 1.68. The van der Waals surface area contributed by atoms with Gasteiger partial charge in [-0.25, -0.2) is 44.5 Å². The molecule has 4 aromatic carbocycles. The number of H-pyrrole nitrogens is 7. The number of rotatable bonds is 20. The van der Waals surface area contributed by atoms with E-state index < -0.39 is 24.3 Å². The summed E-state index contributed by atoms with van der Waals surface area (Å²) >= 11 is 4.95. The monoisotopic (exact) mass is 2030 g/mol. The summed E-state index contributed by atoms with van der Waals surface area (Å²) in [7, 11) is 9.07. The van der Waals surface area contributed by atoms with Crippen molar-refractivity contribution < 1.29 is 28.7 Å². The number of nitrogens with zero attached hydrogens (tertiary/aromatic N) is 12. The highest BCUT2D eigenvalue weighted by Crippen LogP contribution is 2.40. The second kappa shape index (κ2) is 48.3. The van der Waals surface area contributed by atoms with Crippen molar-refractivity contribution >= 4 is 82.8 Å². The number of ether oxygens (including phenoxy) is 2. The molecule has 7 aliphatic heterocycles. The number of hydrogen-bond acceptors (Lipinski definition) is 21. The second-order valence-electron chi connectivity index (χ2n) is 37.8. The first kappa shape index (κ1) is 103. The minimum atomic E-state index is -0.690. The lowest BCUT2D eigenvalue weighted by molar-refractivity contribution is -0.136. The highest BCUT2D eigenvalue weighted by atomic mass is 35.5. The van der Waals surface area contributed by atoms with Gasteiger partial charge in [0.1, 0.15) is 52.9 Å². The largest absolute Gasteiger partial charge is 0.453 e. The molecule has 0 unspecified atom stereocenters. The van der Waals surface area contributed by atoms with Gasteiger partial charge in [-0.15, -0.1) is 65.2 Å². The van der Waals surface area contributed by atoms with Crippen LogP contribution in [0.5, 0.6) is 0 Å². The SMILES string of the molecule is C#Cc1ccc(-c2cnc([C@H]3CCCN3C)[nH]2)cc1.C(#Cc1ccc(-c2cnc([C@H]3CCCN3)[nH]2)s1)c1ccc(-c2cnc([C@H]3CCCN3)[nH]2)cc1.CN1CCC[C@@H]1c1ncc(-c2ccc(C#Cc3ccc(-c4cnc([C@H]5CCCN5C)[nH]4)s3)cc2)[nH]1.COC(=O)N[C@H](C(=O)N1CCC[C@H]1c1ncc(-c2ccc(C#Cc3ccc(-c4cnc([C@@H]5CCCN5C(=O)[C@@H](NC(=O)OC)C(C)C)[nH]4)s3)cc2)[nH]1)C(C)C.Cl.Cl. The lowest BCUT2D eigenvalue weighted by Gasteiger charge is -2.30. The predicted molar refractivity (Wildman–Crippen MR) is 572 cm³/mol. The van der Waals surface area contributed by atoms with Crippen LogP contribution in [-0.4, -0.2) is 212 Å². The van der Waals surface area contributed by atoms with E-state index in [1.54, 1.807) is 56.2 Å². The summed E-state index contributed by atoms with van der Waals surface area (Å²) in [4.78, 5) is 124. The van der Waals surface area contributed by atoms with Crippen LogP contribution in [0.2, 0.25) is 0 Å². The third kappa shape index (κ3) is 24.9. The summed E-state index contributed by atoms with van der Waals surface area (Å²) in [6.07, 6.45) is 32.5. The van der Waals surface area contributed by atoms with Gasteiger partial charge in [-0.2, -0.15) is 0 Å². The third-order valence-corrected chi connectivity index (χ3v) is 30.6. The Kier molecular flexibility index (Phi) is 34.7. The summed E-state index contributed by atoms with van der Waals surface area (Å²) in [5, 5.41) is 12.3. The molecule has 0 aliphatic carbocycles. The Labute approximate surface area is 865 Å². The Hall–Kier alpha value is -13.5. The Bertz CT molecular complexity index is 6920. The topological polar surface area (TPSA) is 352 Å². The molecule has 11 N–H and O–H groups in total. The number of benzene rings is 4. The molecule has 4 amide bonds. The molecule has 9 atom stereocenters. The summed E-state index contributed by atoms with van der Waals surface area (Å²) < 4.78 is 9.49. The molecule has 34 heteroatoms. The number of terminal acetylenes is 1. The van der Waals surface area contributed by atoms with Crippen LogP contribution in [0, 0.1) is 59.7 Å². The Balaban J connectivity index is 0.000000145. The summed E-state index contributed by atoms with van der Waals surface area (Å²) in [6.45, 7) is 14.3. The minimum absolute atomic E-state index is 0. The van der Waals surface area contributed by atoms with E-state index in [1.807, 2.05) is 119 Å². The van der Waals surface area contributed by atoms with Crippen molar-refractivity contribution in [3.63, 3.8) is 0 Å². The number of hydrogen-bond donors (Lipinski definition) is 11. The Morgan fingerprint density at radius 3 is 0.903 bits per heavy atom. The number of methoxy groups -OCH3 is 2. The number of carbonyl (C=O) groups is 4. The molecule has 17 heterocycles. The van der Waals surface area contributed by atoms with Gasteiger partial charge < -0.3 is 75.4 Å². The van der Waals surface area contributed by atoms with E-state index in [2.05, 4.69) is 241 Å². The number of imidazole rings is 7. The number of alkyl carbamates (subject to hydrolysis) is 2. The zero-order valence-corrected chi connectivity index (χ0v) is 86.5. The van der Waals surface area contributed by atoms with Crippen molar-refractivity contribution in [2.24, 2.45) is 11.8 Å². The quantitative estimate of drug-likeness (QED) is 0.0316. The van der Waals surface area contributed by atoms with Crippen molar-refractivity contribution in [3.05, 3.63) is 254 Å². The number of aromatic amines is 7. The van der Waals surface area contributed by atoms with E-state index in [9.17, 15) is 19.2 Å². The van der Waals surface area contributed by atoms with E-state index in [1.165, 1.54) is 70.5 Å². The van der Waals surface area contributed by atoms with Crippen LogP contribution in [0.25, 0.3) is 76.7 Å². The van der Waals surface area contributed by atoms with Crippen molar-refractivity contribution in [1.29, 1.82) is 0 Å². The molecule has 7 saturated heterocycles. The van der Waals surface area contributed by atoms with Crippen LogP contribution in [-0.2, 0) is 19.1 Å². The molecule has 10 aromatic heterocycles. The van der Waals surface area contributed by atoms with Gasteiger partial charge in [0, 0.05) is 35.3 Å². The smallest absolute Gasteiger partial charge is 0.407 e. The van der Waals surface area contributed by atoms with Crippen LogP contribution in [0.3, 0.4) is 0 Å². The van der Waals surface area contributed by atoms with Crippen LogP contribution in [0.4, 0.5) is 9.59 Å². The van der Waals surface area contributed by atoms with Gasteiger partial charge in [-0.3, -0.25) is 24.3 Å². The molecule has 0 bridgehead atoms. The maximum absolute atomic E-state index is 13.5. The summed E-state index contributed by atoms with van der Waals surface area (Å²) in [6, 6.07) is 45.2. The molecule has 21 rings (SSSR count). The lowest BCUT2D eigenvalue weighted by atomic mass is 10.0. The molecule has 0 spiro atoms. The Morgan fingerprint density at radius 1 is 0.347 bits per heavy atom. The molecule has 0 radical (unpaired) electrons. The van der Waals surface area contributed by atoms with Gasteiger partial charge in [-0.05, 0) is 263 Å². The highest BCUT2D eigenvalue weighted by molar-refractivity contribution is 7.16. The predicted octanol–water partition coefficient (Wildman–Crippen LogP) is 19.9. The van der Waals surface area contributed by atoms with E-state index in [4.69, 9.17) is 15.9 Å². The summed E-state index contributed by atoms with van der Waals surface area (Å²) in [5.41, 5.74) is 15.1. The van der Waals surface area contributed by atoms with Crippen molar-refractivity contribution in [1.82, 2.24) is 116 Å². The first-order valence-corrected chi connectivity index (χ1v) is 51.6. The zero-order chi connectivity index (χ0) is 98.3. The normalized spacial score (nSPS) is 19.1. The number of likely N-dealkylation sites (tertiary alicyclic amines) is 5. The highest BCUT2D eigenvalue weighted by Gasteiger charge is 2.40. The van der Waals surface area contributed by atoms with Crippen LogP contribution < -0.4 is 21.3 Å². The molecule has 0 saturated carbocycles. The maximum atomic E-state index is 13.5. The zero-order valence-electron chi connectivity index (χ0n) is 82.4. The molecule has 14 aromatic rings. The number of thiophene rings is 3. The number of amides is 4. The summed E-state index contributed by atoms with van der Waals surface area (Å²) in [5.74, 6) is 28.6. The van der Waals surface area contributed by atoms with Gasteiger partial charge in [0.15, 0.2) is 0 Å². The standard InChI is InChI=1S/C40H48N8O6S.C28H30N6S.C26H26N6S.C16H17N3.2ClH/c1-23(2)33(45-39(51)53-5)37(49)47-19-7-9-30(47)35-41-21-28(43-35)26-14-11-25(12-15-26)13-16-27-17-18-32(55-27)29-22-42-36(44-29)31-10-8-20-48(31)38(50)34(24(3)4)46-40(52)54-6;1-33-15-3-5-24(33)27-29-17-22(31-27)20-10-7-19(8-11-20)9-12-21-13-14-26(35-21)23-18-30-28(32-23)25-6-4-16-34(25)2;1-3-20(27-13-1)25-29-15-22(31-25)18-8-5-17(6-9-18)7-10-19-11-12-24(33-19)23-16-30-26(32-23)21-4-2-14-28-21;1-3-12-6-8-13(9-7-12)14-11-17-16(18-14)15-5-4-10-19(15)2;;/h11-12,14-15,17-18,21-24,30-31,33-34H,7-10,19-20H2,1-6H3,(H,41,43)(H,42,44)(H,45,51)(H,46,52);7-8,10-11,13-14,17-18,24-25H,3-6,15-16H2,1-2H3,(H,29,31)(H,30,32);5-6,8-9,11-12,15-16,20-21,27-28H,1-4,13-14H2,(H,29,31)(H,30,32);1,6-9,11,15H,4-5,10H2,2H3,(H,17,18);2*1H/t30-,31-,33-,34-;24-,25-;20-,21-;15-;;/m0111../s1. The van der Waals surface area contributed by atoms with Gasteiger partial charge in [0.05, 0.1) is 169 Å². The molecule has 29 nitrogen and oxygen atoms in total. The van der Waals surface area contributed by atoms with Crippen molar-refractivity contribution in [2.75, 3.05) is 81.2 Å². The lowest BCUT2D eigenvalue weighted by Crippen LogP contribution is -2.51. The number of halogens is 2. The molecule has 144 heavy (non-hydrogen) atoms. The molecule has 7 fully saturated rings. The molecule has 746 valence electrons. The number of nitrogens with one attached hydrogen (secondary N) is 11. The fourth-order valence-electron chi connectivity index (χ4n) is 19.5. The van der Waals surface area contributed by atoms with Gasteiger partial charge in [0.2, 0.25) is 11.8 Å². The molecular formula is C110H123Cl2N23O6S3. The van der Waals surface area contributed by atoms with Crippen molar-refractivity contribution in [3.8, 4) is 125 Å². The fraction of sp³-hybridized carbons (Fsp3) is 0.373. The van der Waals surface area contributed by atoms with Crippen LogP contribution in [0.15, 0.2) is 177 Å². The number of carbonyl (C=O) groups excluding carboxylic acids is 4. The van der Waals surface area contributed by atoms with E-state index in [0.29, 0.717) is 54.9 Å². The first-order chi connectivity index (χ1) is 69.2. The fourth-order valence-corrected chi connectivity index (χ4v) is 22.0. The van der Waals surface area contributed by atoms with Gasteiger partial charge in [-0.1, -0.05) is 118 Å². The minimum Gasteiger partial charge on any atom is -0.453 e. The van der Waals surface area contributed by atoms with Crippen molar-refractivity contribution in [2.45, 2.75) is 172 Å². The van der Waals surface area contributed by atoms with E-state index >= 15 is 0 Å². The average molecular weight is 2030 g/mol. The van der Waals surface area contributed by atoms with Crippen LogP contribution in [0.1, 0.15) is 238 Å². The third-order valence-electron chi connectivity index (χ3n) is 27.5. The first-order valence-electron chi connectivity index (χ1n) is 49.2. The van der Waals surface area contributed by atoms with E-state index in [0.717, 1.165) is 209 Å². The van der Waals surface area contributed by atoms with Gasteiger partial charge >= 0.3 is 12.2 Å². The molecule has 7 aliphatic rings. The number of aromatic nitrogens is 14. The van der Waals surface area contributed by atoms with Gasteiger partial charge in [0.25, 0.3) is 0 Å². The Morgan fingerprint density at radius 2 is 0.618 bits per heavy atom. The molecular weight excluding hydrogens is 1910 g/mol. The van der Waals surface area contributed by atoms with Crippen LogP contribution >= 0.6 is 58.8 Å². The maximum Gasteiger partial charge on any atom is 0.407 e. The van der Waals surface area contributed by atoms with E-state index in [-0.39, 0.29) is 60.5 Å².